The molecule has 3 N–H and O–H groups in total. The Labute approximate surface area is 299 Å². The average Bonchev–Trinajstić information content (AvgIpc) is 3.99. The maximum atomic E-state index is 14.7. The highest BCUT2D eigenvalue weighted by Crippen LogP contribution is 2.46. The number of carbonyl (C=O) groups is 4. The van der Waals surface area contributed by atoms with E-state index in [1.54, 1.807) is 26.2 Å². The second-order valence-electron chi connectivity index (χ2n) is 14.1. The van der Waals surface area contributed by atoms with E-state index in [9.17, 15) is 32.0 Å². The third kappa shape index (κ3) is 7.22. The molecule has 1 aromatic carbocycles. The largest absolute Gasteiger partial charge is 0.471 e. The first-order valence-corrected chi connectivity index (χ1v) is 19.1. The lowest BCUT2D eigenvalue weighted by Crippen LogP contribution is -2.58. The molecular formula is C35H41FN8O7S. The molecule has 17 heteroatoms. The first-order chi connectivity index (χ1) is 24.8. The molecule has 4 aliphatic rings. The van der Waals surface area contributed by atoms with Crippen LogP contribution in [0.15, 0.2) is 42.6 Å². The molecule has 276 valence electrons. The minimum atomic E-state index is -3.91. The number of aromatic nitrogens is 4. The summed E-state index contributed by atoms with van der Waals surface area (Å²) in [5.74, 6) is -3.58. The molecule has 4 heterocycles. The van der Waals surface area contributed by atoms with Gasteiger partial charge in [0.1, 0.15) is 40.6 Å². The van der Waals surface area contributed by atoms with E-state index in [0.29, 0.717) is 43.3 Å². The van der Waals surface area contributed by atoms with Crippen molar-refractivity contribution in [3.63, 3.8) is 0 Å². The zero-order valence-corrected chi connectivity index (χ0v) is 29.7. The minimum Gasteiger partial charge on any atom is -0.471 e. The summed E-state index contributed by atoms with van der Waals surface area (Å²) in [5.41, 5.74) is -0.693. The number of para-hydroxylation sites is 1. The Bertz CT molecular complexity index is 2070. The van der Waals surface area contributed by atoms with Crippen LogP contribution in [0.1, 0.15) is 74.0 Å². The number of rotatable bonds is 7. The summed E-state index contributed by atoms with van der Waals surface area (Å²) in [4.78, 5) is 65.7. The Morgan fingerprint density at radius 2 is 1.90 bits per heavy atom. The van der Waals surface area contributed by atoms with Crippen LogP contribution in [-0.4, -0.2) is 92.2 Å². The van der Waals surface area contributed by atoms with Crippen molar-refractivity contribution in [3.8, 4) is 5.88 Å². The number of nitrogens with one attached hydrogen (secondary N) is 3. The Morgan fingerprint density at radius 1 is 1.10 bits per heavy atom. The molecule has 7 rings (SSSR count). The number of aryl methyl sites for hydroxylation is 2. The fourth-order valence-corrected chi connectivity index (χ4v) is 8.36. The van der Waals surface area contributed by atoms with E-state index in [4.69, 9.17) is 4.74 Å². The predicted octanol–water partition coefficient (Wildman–Crippen LogP) is 1.96. The number of nitrogens with zero attached hydrogens (tertiary/aromatic N) is 5. The first-order valence-electron chi connectivity index (χ1n) is 17.6. The molecule has 2 aromatic heterocycles. The van der Waals surface area contributed by atoms with Gasteiger partial charge in [0.05, 0.1) is 17.3 Å². The van der Waals surface area contributed by atoms with Crippen LogP contribution in [0.2, 0.25) is 0 Å². The second-order valence-corrected chi connectivity index (χ2v) is 16.1. The van der Waals surface area contributed by atoms with Crippen molar-refractivity contribution >= 4 is 44.7 Å². The number of benzene rings is 1. The summed E-state index contributed by atoms with van der Waals surface area (Å²) < 4.78 is 50.1. The Morgan fingerprint density at radius 3 is 2.65 bits per heavy atom. The molecule has 0 bridgehead atoms. The van der Waals surface area contributed by atoms with Crippen LogP contribution in [0.3, 0.4) is 0 Å². The minimum absolute atomic E-state index is 0.00370. The van der Waals surface area contributed by atoms with Crippen LogP contribution in [-0.2, 0) is 31.5 Å². The Kier molecular flexibility index (Phi) is 9.48. The second kappa shape index (κ2) is 13.9. The zero-order chi connectivity index (χ0) is 36.8. The van der Waals surface area contributed by atoms with Crippen molar-refractivity contribution in [2.24, 2.45) is 13.0 Å². The van der Waals surface area contributed by atoms with E-state index in [0.717, 1.165) is 12.8 Å². The fourth-order valence-electron chi connectivity index (χ4n) is 7.00. The zero-order valence-electron chi connectivity index (χ0n) is 28.9. The summed E-state index contributed by atoms with van der Waals surface area (Å²) in [6.07, 6.45) is 8.71. The normalized spacial score (nSPS) is 27.4. The van der Waals surface area contributed by atoms with Crippen LogP contribution in [0, 0.1) is 18.7 Å². The average molecular weight is 737 g/mol. The molecule has 1 saturated heterocycles. The van der Waals surface area contributed by atoms with Gasteiger partial charge in [0.15, 0.2) is 5.82 Å². The van der Waals surface area contributed by atoms with Gasteiger partial charge < -0.3 is 20.3 Å². The van der Waals surface area contributed by atoms with Gasteiger partial charge in [-0.25, -0.2) is 22.8 Å². The highest BCUT2D eigenvalue weighted by molar-refractivity contribution is 7.91. The van der Waals surface area contributed by atoms with Gasteiger partial charge in [0.2, 0.25) is 27.7 Å². The quantitative estimate of drug-likeness (QED) is 0.302. The summed E-state index contributed by atoms with van der Waals surface area (Å²) in [7, 11) is -2.24. The number of carbonyl (C=O) groups excluding carboxylic acids is 4. The molecule has 15 nitrogen and oxygen atoms in total. The summed E-state index contributed by atoms with van der Waals surface area (Å²) in [6.45, 7) is 1.56. The van der Waals surface area contributed by atoms with E-state index in [1.807, 2.05) is 12.2 Å². The van der Waals surface area contributed by atoms with Crippen molar-refractivity contribution in [1.82, 2.24) is 40.0 Å². The molecular weight excluding hydrogens is 695 g/mol. The first kappa shape index (κ1) is 35.5. The maximum absolute atomic E-state index is 14.7. The molecule has 2 aliphatic carbocycles. The van der Waals surface area contributed by atoms with Gasteiger partial charge in [-0.1, -0.05) is 31.1 Å². The topological polar surface area (TPSA) is 195 Å². The highest BCUT2D eigenvalue weighted by Gasteiger charge is 2.62. The van der Waals surface area contributed by atoms with Gasteiger partial charge in [0, 0.05) is 25.6 Å². The van der Waals surface area contributed by atoms with E-state index < -0.39 is 74.4 Å². The number of fused-ring (bicyclic) bond motifs is 3. The number of amides is 4. The van der Waals surface area contributed by atoms with Gasteiger partial charge in [0.25, 0.3) is 11.8 Å². The molecule has 3 aromatic rings. The van der Waals surface area contributed by atoms with E-state index >= 15 is 0 Å². The number of hydrogen-bond acceptors (Lipinski definition) is 10. The van der Waals surface area contributed by atoms with Crippen molar-refractivity contribution in [1.29, 1.82) is 0 Å². The van der Waals surface area contributed by atoms with Gasteiger partial charge in [-0.05, 0) is 63.6 Å². The van der Waals surface area contributed by atoms with Gasteiger partial charge in [-0.3, -0.25) is 28.6 Å². The van der Waals surface area contributed by atoms with Crippen LogP contribution >= 0.6 is 0 Å². The molecule has 5 unspecified atom stereocenters. The fraction of sp³-hybridized carbons (Fsp3) is 0.514. The van der Waals surface area contributed by atoms with Crippen molar-refractivity contribution < 1.29 is 36.7 Å². The number of allylic oxidation sites excluding steroid dienone is 1. The maximum Gasteiger partial charge on any atom is 0.272 e. The lowest BCUT2D eigenvalue weighted by molar-refractivity contribution is -0.141. The SMILES string of the molecule is Cc1nc2cccc(F)c2nc1OC1CC2C(=O)NC3(C(=O)NS(=O)(=O)C4CC4)CC3/C=C\CCCCCC(NC(=O)c3ccn(C)n3)C(=O)N2C1. The predicted molar refractivity (Wildman–Crippen MR) is 185 cm³/mol. The van der Waals surface area contributed by atoms with E-state index in [-0.39, 0.29) is 36.5 Å². The monoisotopic (exact) mass is 736 g/mol. The van der Waals surface area contributed by atoms with Crippen molar-refractivity contribution in [2.45, 2.75) is 93.7 Å². The lowest BCUT2D eigenvalue weighted by Gasteiger charge is -2.29. The van der Waals surface area contributed by atoms with E-state index in [2.05, 4.69) is 30.4 Å². The molecule has 52 heavy (non-hydrogen) atoms. The van der Waals surface area contributed by atoms with Gasteiger partial charge in [-0.2, -0.15) is 5.10 Å². The summed E-state index contributed by atoms with van der Waals surface area (Å²) >= 11 is 0. The highest BCUT2D eigenvalue weighted by atomic mass is 32.2. The van der Waals surface area contributed by atoms with Gasteiger partial charge in [-0.15, -0.1) is 0 Å². The number of sulfonamides is 1. The third-order valence-corrected chi connectivity index (χ3v) is 12.0. The van der Waals surface area contributed by atoms with Crippen molar-refractivity contribution in [3.05, 3.63) is 59.8 Å². The number of ether oxygens (including phenoxy) is 1. The number of halogens is 1. The molecule has 0 spiro atoms. The van der Waals surface area contributed by atoms with Crippen LogP contribution in [0.4, 0.5) is 4.39 Å². The molecule has 5 atom stereocenters. The Hall–Kier alpha value is -4.93. The summed E-state index contributed by atoms with van der Waals surface area (Å²) in [5, 5.41) is 9.15. The third-order valence-electron chi connectivity index (χ3n) is 10.1. The number of hydrogen-bond donors (Lipinski definition) is 3. The van der Waals surface area contributed by atoms with Crippen LogP contribution in [0.5, 0.6) is 5.88 Å². The van der Waals surface area contributed by atoms with Gasteiger partial charge >= 0.3 is 0 Å². The molecule has 0 radical (unpaired) electrons. The van der Waals surface area contributed by atoms with Crippen LogP contribution in [0.25, 0.3) is 11.0 Å². The lowest BCUT2D eigenvalue weighted by atomic mass is 10.0. The Balaban J connectivity index is 1.20. The molecule has 4 amide bonds. The summed E-state index contributed by atoms with van der Waals surface area (Å²) in [6, 6.07) is 3.75. The van der Waals surface area contributed by atoms with Crippen molar-refractivity contribution in [2.75, 3.05) is 6.54 Å². The van der Waals surface area contributed by atoms with Crippen LogP contribution < -0.4 is 20.1 Å². The molecule has 2 aliphatic heterocycles. The molecule has 2 saturated carbocycles. The standard InChI is InChI=1S/C35H41FN8O7S/c1-20-32(39-29-24(36)10-8-12-25(29)37-20)51-22-17-28-31(46)40-35(34(48)42-52(49,50)23-13-14-23)18-21(35)9-6-4-3-5-7-11-27(33(47)44(28)19-22)38-30(45)26-15-16-43(2)41-26/h6,8-10,12,15-16,21-23,27-28H,3-5,7,11,13-14,17-19H2,1-2H3,(H,38,45)(H,40,46)(H,42,48)/b9-6-. The molecule has 3 fully saturated rings. The smallest absolute Gasteiger partial charge is 0.272 e. The van der Waals surface area contributed by atoms with E-state index in [1.165, 1.54) is 27.8 Å².